The number of halogens is 1. The molecule has 1 N–H and O–H groups in total. The topological polar surface area (TPSA) is 57.6 Å². The predicted octanol–water partition coefficient (Wildman–Crippen LogP) is 2.85. The highest BCUT2D eigenvalue weighted by molar-refractivity contribution is 5.97. The first kappa shape index (κ1) is 15.2. The largest absolute Gasteiger partial charge is 0.481 e. The summed E-state index contributed by atoms with van der Waals surface area (Å²) in [6, 6.07) is 5.79. The van der Waals surface area contributed by atoms with Gasteiger partial charge in [-0.25, -0.2) is 4.39 Å². The minimum absolute atomic E-state index is 0.264. The van der Waals surface area contributed by atoms with E-state index in [9.17, 15) is 19.1 Å². The molecule has 0 heterocycles. The summed E-state index contributed by atoms with van der Waals surface area (Å²) in [7, 11) is 0. The predicted molar refractivity (Wildman–Crippen MR) is 77.4 cm³/mol. The molecule has 21 heavy (non-hydrogen) atoms. The van der Waals surface area contributed by atoms with Crippen molar-refractivity contribution < 1.29 is 19.1 Å². The zero-order chi connectivity index (χ0) is 15.4. The maximum atomic E-state index is 13.3. The van der Waals surface area contributed by atoms with Gasteiger partial charge in [-0.15, -0.1) is 0 Å². The molecule has 4 nitrogen and oxygen atoms in total. The van der Waals surface area contributed by atoms with Gasteiger partial charge in [-0.2, -0.15) is 0 Å². The summed E-state index contributed by atoms with van der Waals surface area (Å²) < 4.78 is 13.3. The molecule has 1 aromatic rings. The van der Waals surface area contributed by atoms with Crippen LogP contribution in [0.1, 0.15) is 19.8 Å². The summed E-state index contributed by atoms with van der Waals surface area (Å²) in [5, 5.41) is 9.26. The lowest BCUT2D eigenvalue weighted by Crippen LogP contribution is -2.42. The van der Waals surface area contributed by atoms with Crippen LogP contribution in [0.4, 0.5) is 10.1 Å². The molecule has 1 aliphatic rings. The number of aliphatic carboxylic acids is 1. The molecule has 0 aromatic heterocycles. The molecule has 1 amide bonds. The molecule has 0 fully saturated rings. The van der Waals surface area contributed by atoms with Crippen LogP contribution < -0.4 is 4.90 Å². The number of carboxylic acid groups (broad SMARTS) is 1. The van der Waals surface area contributed by atoms with Crippen LogP contribution in [0.15, 0.2) is 36.4 Å². The molecule has 1 aliphatic carbocycles. The molecule has 0 radical (unpaired) electrons. The van der Waals surface area contributed by atoms with Crippen molar-refractivity contribution in [3.63, 3.8) is 0 Å². The SMILES string of the molecule is CCN(C(=O)[C@@H]1CC=CC[C@@H]1C(=O)O)c1cccc(F)c1. The Morgan fingerprint density at radius 2 is 1.95 bits per heavy atom. The van der Waals surface area contributed by atoms with E-state index in [1.165, 1.54) is 23.1 Å². The molecule has 5 heteroatoms. The zero-order valence-electron chi connectivity index (χ0n) is 11.8. The third-order valence-corrected chi connectivity index (χ3v) is 3.77. The number of carboxylic acids is 1. The summed E-state index contributed by atoms with van der Waals surface area (Å²) in [5.74, 6) is -2.97. The maximum Gasteiger partial charge on any atom is 0.307 e. The van der Waals surface area contributed by atoms with Gasteiger partial charge in [0.1, 0.15) is 5.82 Å². The van der Waals surface area contributed by atoms with E-state index in [1.54, 1.807) is 19.1 Å². The molecule has 0 saturated heterocycles. The Morgan fingerprint density at radius 3 is 2.52 bits per heavy atom. The van der Waals surface area contributed by atoms with Crippen molar-refractivity contribution in [2.45, 2.75) is 19.8 Å². The number of allylic oxidation sites excluding steroid dienone is 2. The Kier molecular flexibility index (Phi) is 4.73. The van der Waals surface area contributed by atoms with Crippen LogP contribution in [0.5, 0.6) is 0 Å². The van der Waals surface area contributed by atoms with Crippen molar-refractivity contribution in [2.75, 3.05) is 11.4 Å². The van der Waals surface area contributed by atoms with E-state index in [1.807, 2.05) is 6.08 Å². The van der Waals surface area contributed by atoms with Gasteiger partial charge in [-0.05, 0) is 38.0 Å². The highest BCUT2D eigenvalue weighted by Crippen LogP contribution is 2.29. The fourth-order valence-corrected chi connectivity index (χ4v) is 2.67. The second-order valence-corrected chi connectivity index (χ2v) is 5.06. The third-order valence-electron chi connectivity index (χ3n) is 3.77. The Hall–Kier alpha value is -2.17. The molecule has 1 aromatic carbocycles. The summed E-state index contributed by atoms with van der Waals surface area (Å²) in [5.41, 5.74) is 0.459. The standard InChI is InChI=1S/C16H18FNO3/c1-2-18(12-7-5-6-11(17)10-12)15(19)13-8-3-4-9-14(13)16(20)21/h3-7,10,13-14H,2,8-9H2,1H3,(H,20,21)/t13-,14+/m1/s1. The second kappa shape index (κ2) is 6.52. The molecule has 0 bridgehead atoms. The molecular weight excluding hydrogens is 273 g/mol. The van der Waals surface area contributed by atoms with Crippen LogP contribution in [0.2, 0.25) is 0 Å². The molecular formula is C16H18FNO3. The van der Waals surface area contributed by atoms with Gasteiger partial charge < -0.3 is 10.0 Å². The first-order chi connectivity index (χ1) is 10.0. The van der Waals surface area contributed by atoms with Crippen LogP contribution in [0.3, 0.4) is 0 Å². The van der Waals surface area contributed by atoms with Crippen LogP contribution in [0.25, 0.3) is 0 Å². The summed E-state index contributed by atoms with van der Waals surface area (Å²) >= 11 is 0. The first-order valence-electron chi connectivity index (χ1n) is 6.99. The second-order valence-electron chi connectivity index (χ2n) is 5.06. The number of hydrogen-bond acceptors (Lipinski definition) is 2. The lowest BCUT2D eigenvalue weighted by atomic mass is 9.82. The number of amides is 1. The van der Waals surface area contributed by atoms with Gasteiger partial charge in [0.25, 0.3) is 0 Å². The lowest BCUT2D eigenvalue weighted by Gasteiger charge is -2.30. The van der Waals surface area contributed by atoms with Gasteiger partial charge >= 0.3 is 5.97 Å². The fourth-order valence-electron chi connectivity index (χ4n) is 2.67. The van der Waals surface area contributed by atoms with Gasteiger partial charge in [0, 0.05) is 12.2 Å². The van der Waals surface area contributed by atoms with Gasteiger partial charge in [0.05, 0.1) is 11.8 Å². The number of carbonyl (C=O) groups is 2. The van der Waals surface area contributed by atoms with E-state index in [4.69, 9.17) is 0 Å². The number of nitrogens with zero attached hydrogens (tertiary/aromatic N) is 1. The summed E-state index contributed by atoms with van der Waals surface area (Å²) in [6.07, 6.45) is 4.39. The number of carbonyl (C=O) groups excluding carboxylic acids is 1. The maximum absolute atomic E-state index is 13.3. The van der Waals surface area contributed by atoms with Crippen LogP contribution in [-0.4, -0.2) is 23.5 Å². The number of anilines is 1. The molecule has 2 atom stereocenters. The quantitative estimate of drug-likeness (QED) is 0.868. The van der Waals surface area contributed by atoms with E-state index >= 15 is 0 Å². The monoisotopic (exact) mass is 291 g/mol. The average Bonchev–Trinajstić information content (AvgIpc) is 2.48. The van der Waals surface area contributed by atoms with Crippen molar-refractivity contribution >= 4 is 17.6 Å². The lowest BCUT2D eigenvalue weighted by molar-refractivity contribution is -0.146. The van der Waals surface area contributed by atoms with E-state index in [2.05, 4.69) is 0 Å². The molecule has 2 rings (SSSR count). The van der Waals surface area contributed by atoms with Crippen LogP contribution in [-0.2, 0) is 9.59 Å². The highest BCUT2D eigenvalue weighted by atomic mass is 19.1. The fraction of sp³-hybridized carbons (Fsp3) is 0.375. The van der Waals surface area contributed by atoms with Crippen molar-refractivity contribution in [1.29, 1.82) is 0 Å². The van der Waals surface area contributed by atoms with Crippen LogP contribution in [0, 0.1) is 17.7 Å². The zero-order valence-corrected chi connectivity index (χ0v) is 11.8. The number of rotatable bonds is 4. The van der Waals surface area contributed by atoms with E-state index in [0.717, 1.165) is 0 Å². The Balaban J connectivity index is 2.27. The van der Waals surface area contributed by atoms with E-state index in [0.29, 0.717) is 25.1 Å². The molecule has 0 saturated carbocycles. The van der Waals surface area contributed by atoms with Crippen molar-refractivity contribution in [1.82, 2.24) is 0 Å². The summed E-state index contributed by atoms with van der Waals surface area (Å²) in [6.45, 7) is 2.16. The van der Waals surface area contributed by atoms with Crippen molar-refractivity contribution in [2.24, 2.45) is 11.8 Å². The Labute approximate surface area is 122 Å². The molecule has 112 valence electrons. The van der Waals surface area contributed by atoms with E-state index in [-0.39, 0.29) is 5.91 Å². The van der Waals surface area contributed by atoms with Crippen molar-refractivity contribution in [3.05, 3.63) is 42.2 Å². The molecule has 0 unspecified atom stereocenters. The molecule has 0 aliphatic heterocycles. The minimum Gasteiger partial charge on any atom is -0.481 e. The van der Waals surface area contributed by atoms with Crippen molar-refractivity contribution in [3.8, 4) is 0 Å². The molecule has 0 spiro atoms. The minimum atomic E-state index is -0.965. The number of benzene rings is 1. The van der Waals surface area contributed by atoms with Gasteiger partial charge in [-0.1, -0.05) is 18.2 Å². The van der Waals surface area contributed by atoms with Crippen LogP contribution >= 0.6 is 0 Å². The Bertz CT molecular complexity index is 570. The summed E-state index contributed by atoms with van der Waals surface area (Å²) in [4.78, 5) is 25.4. The third kappa shape index (κ3) is 3.29. The first-order valence-corrected chi connectivity index (χ1v) is 6.99. The smallest absolute Gasteiger partial charge is 0.307 e. The average molecular weight is 291 g/mol. The Morgan fingerprint density at radius 1 is 1.29 bits per heavy atom. The normalized spacial score (nSPS) is 21.0. The van der Waals surface area contributed by atoms with E-state index < -0.39 is 23.6 Å². The van der Waals surface area contributed by atoms with Gasteiger partial charge in [-0.3, -0.25) is 9.59 Å². The van der Waals surface area contributed by atoms with Gasteiger partial charge in [0.2, 0.25) is 5.91 Å². The number of hydrogen-bond donors (Lipinski definition) is 1. The highest BCUT2D eigenvalue weighted by Gasteiger charge is 2.36. The van der Waals surface area contributed by atoms with Gasteiger partial charge in [0.15, 0.2) is 0 Å².